The van der Waals surface area contributed by atoms with E-state index in [-0.39, 0.29) is 17.7 Å². The van der Waals surface area contributed by atoms with Crippen molar-refractivity contribution in [1.82, 2.24) is 20.2 Å². The SMILES string of the molecule is Cn1nnc(C(=O)C2CCC(CN)O2)n1. The Morgan fingerprint density at radius 2 is 2.47 bits per heavy atom. The second-order valence-corrected chi connectivity index (χ2v) is 3.53. The van der Waals surface area contributed by atoms with Gasteiger partial charge in [-0.1, -0.05) is 0 Å². The Morgan fingerprint density at radius 3 is 3.00 bits per heavy atom. The van der Waals surface area contributed by atoms with Gasteiger partial charge in [-0.3, -0.25) is 4.79 Å². The Bertz CT molecular complexity index is 364. The summed E-state index contributed by atoms with van der Waals surface area (Å²) in [7, 11) is 1.61. The number of Topliss-reactive ketones (excluding diaryl/α,β-unsaturated/α-hetero) is 1. The number of aryl methyl sites for hydroxylation is 1. The fourth-order valence-electron chi connectivity index (χ4n) is 1.60. The molecule has 1 fully saturated rings. The average Bonchev–Trinajstić information content (AvgIpc) is 2.84. The number of carbonyl (C=O) groups excluding carboxylic acids is 1. The number of hydrogen-bond donors (Lipinski definition) is 1. The standard InChI is InChI=1S/C8H13N5O2/c1-13-11-8(10-12-13)7(14)6-3-2-5(4-9)15-6/h5-6H,2-4,9H2,1H3. The Morgan fingerprint density at radius 1 is 1.67 bits per heavy atom. The smallest absolute Gasteiger partial charge is 0.243 e. The third-order valence-corrected chi connectivity index (χ3v) is 2.39. The number of ether oxygens (including phenoxy) is 1. The molecule has 2 atom stereocenters. The maximum atomic E-state index is 11.8. The number of aromatic nitrogens is 4. The molecule has 1 saturated heterocycles. The summed E-state index contributed by atoms with van der Waals surface area (Å²) in [4.78, 5) is 13.0. The topological polar surface area (TPSA) is 95.9 Å². The first-order valence-electron chi connectivity index (χ1n) is 4.84. The van der Waals surface area contributed by atoms with E-state index in [2.05, 4.69) is 15.4 Å². The van der Waals surface area contributed by atoms with Crippen molar-refractivity contribution >= 4 is 5.78 Å². The normalized spacial score (nSPS) is 25.7. The van der Waals surface area contributed by atoms with Gasteiger partial charge in [0.05, 0.1) is 13.2 Å². The van der Waals surface area contributed by atoms with Gasteiger partial charge in [-0.05, 0) is 18.1 Å². The predicted molar refractivity (Wildman–Crippen MR) is 50.1 cm³/mol. The van der Waals surface area contributed by atoms with Gasteiger partial charge in [-0.25, -0.2) is 0 Å². The number of nitrogens with two attached hydrogens (primary N) is 1. The van der Waals surface area contributed by atoms with Crippen LogP contribution in [0.25, 0.3) is 0 Å². The maximum Gasteiger partial charge on any atom is 0.243 e. The summed E-state index contributed by atoms with van der Waals surface area (Å²) in [5.74, 6) is -0.0979. The molecule has 1 aliphatic rings. The highest BCUT2D eigenvalue weighted by Crippen LogP contribution is 2.20. The highest BCUT2D eigenvalue weighted by Gasteiger charge is 2.32. The van der Waals surface area contributed by atoms with Crippen LogP contribution in [-0.4, -0.2) is 44.7 Å². The van der Waals surface area contributed by atoms with E-state index in [0.717, 1.165) is 6.42 Å². The van der Waals surface area contributed by atoms with E-state index in [1.54, 1.807) is 7.05 Å². The van der Waals surface area contributed by atoms with Crippen LogP contribution in [0.1, 0.15) is 23.5 Å². The number of hydrogen-bond acceptors (Lipinski definition) is 6. The van der Waals surface area contributed by atoms with E-state index >= 15 is 0 Å². The third kappa shape index (κ3) is 2.02. The summed E-state index contributed by atoms with van der Waals surface area (Å²) < 4.78 is 5.44. The highest BCUT2D eigenvalue weighted by molar-refractivity contribution is 5.96. The van der Waals surface area contributed by atoms with Crippen LogP contribution in [0.15, 0.2) is 0 Å². The van der Waals surface area contributed by atoms with Crippen LogP contribution >= 0.6 is 0 Å². The van der Waals surface area contributed by atoms with Crippen LogP contribution in [0, 0.1) is 0 Å². The first-order chi connectivity index (χ1) is 7.20. The molecule has 2 N–H and O–H groups in total. The molecule has 7 nitrogen and oxygen atoms in total. The van der Waals surface area contributed by atoms with Crippen LogP contribution in [0.2, 0.25) is 0 Å². The van der Waals surface area contributed by atoms with Crippen molar-refractivity contribution in [2.45, 2.75) is 25.0 Å². The van der Waals surface area contributed by atoms with Gasteiger partial charge < -0.3 is 10.5 Å². The summed E-state index contributed by atoms with van der Waals surface area (Å²) in [5, 5.41) is 11.1. The first kappa shape index (κ1) is 10.2. The van der Waals surface area contributed by atoms with Crippen molar-refractivity contribution in [3.05, 3.63) is 5.82 Å². The lowest BCUT2D eigenvalue weighted by Gasteiger charge is -2.08. The second kappa shape index (κ2) is 4.03. The fourth-order valence-corrected chi connectivity index (χ4v) is 1.60. The Kier molecular flexibility index (Phi) is 2.74. The number of tetrazole rings is 1. The summed E-state index contributed by atoms with van der Waals surface area (Å²) in [6.07, 6.45) is 1.02. The molecule has 0 saturated carbocycles. The molecule has 7 heteroatoms. The number of ketones is 1. The first-order valence-corrected chi connectivity index (χ1v) is 4.84. The monoisotopic (exact) mass is 211 g/mol. The van der Waals surface area contributed by atoms with Crippen molar-refractivity contribution in [1.29, 1.82) is 0 Å². The van der Waals surface area contributed by atoms with Gasteiger partial charge in [0.2, 0.25) is 11.6 Å². The van der Waals surface area contributed by atoms with Crippen molar-refractivity contribution in [3.63, 3.8) is 0 Å². The molecule has 0 aliphatic carbocycles. The molecule has 1 aromatic rings. The molecular formula is C8H13N5O2. The van der Waals surface area contributed by atoms with Gasteiger partial charge in [0.15, 0.2) is 0 Å². The van der Waals surface area contributed by atoms with Gasteiger partial charge >= 0.3 is 0 Å². The fraction of sp³-hybridized carbons (Fsp3) is 0.750. The van der Waals surface area contributed by atoms with E-state index < -0.39 is 6.10 Å². The third-order valence-electron chi connectivity index (χ3n) is 2.39. The van der Waals surface area contributed by atoms with Crippen LogP contribution in [0.5, 0.6) is 0 Å². The zero-order valence-electron chi connectivity index (χ0n) is 8.46. The van der Waals surface area contributed by atoms with Gasteiger partial charge in [0.25, 0.3) is 0 Å². The Balaban J connectivity index is 2.03. The lowest BCUT2D eigenvalue weighted by Crippen LogP contribution is -2.26. The minimum Gasteiger partial charge on any atom is -0.365 e. The van der Waals surface area contributed by atoms with Crippen LogP contribution in [-0.2, 0) is 11.8 Å². The molecule has 0 spiro atoms. The average molecular weight is 211 g/mol. The van der Waals surface area contributed by atoms with Crippen molar-refractivity contribution < 1.29 is 9.53 Å². The van der Waals surface area contributed by atoms with E-state index in [0.29, 0.717) is 13.0 Å². The summed E-state index contributed by atoms with van der Waals surface area (Å²) in [6.45, 7) is 0.442. The van der Waals surface area contributed by atoms with Crippen molar-refractivity contribution in [2.75, 3.05) is 6.54 Å². The molecule has 1 aliphatic heterocycles. The molecule has 0 aromatic carbocycles. The van der Waals surface area contributed by atoms with Crippen LogP contribution < -0.4 is 5.73 Å². The van der Waals surface area contributed by atoms with Gasteiger partial charge in [0, 0.05) is 6.54 Å². The largest absolute Gasteiger partial charge is 0.365 e. The summed E-state index contributed by atoms with van der Waals surface area (Å²) in [5.41, 5.74) is 5.45. The zero-order chi connectivity index (χ0) is 10.8. The summed E-state index contributed by atoms with van der Waals surface area (Å²) in [6, 6.07) is 0. The van der Waals surface area contributed by atoms with Crippen molar-refractivity contribution in [3.8, 4) is 0 Å². The lowest BCUT2D eigenvalue weighted by atomic mass is 10.1. The molecule has 2 unspecified atom stereocenters. The molecule has 82 valence electrons. The lowest BCUT2D eigenvalue weighted by molar-refractivity contribution is 0.0395. The second-order valence-electron chi connectivity index (χ2n) is 3.53. The zero-order valence-corrected chi connectivity index (χ0v) is 8.46. The number of carbonyl (C=O) groups is 1. The Labute approximate surface area is 86.6 Å². The molecule has 1 aromatic heterocycles. The van der Waals surface area contributed by atoms with E-state index in [1.807, 2.05) is 0 Å². The molecule has 2 rings (SSSR count). The number of rotatable bonds is 3. The minimum absolute atomic E-state index is 0.0179. The van der Waals surface area contributed by atoms with Gasteiger partial charge in [0.1, 0.15) is 6.10 Å². The Hall–Kier alpha value is -1.34. The van der Waals surface area contributed by atoms with Crippen LogP contribution in [0.4, 0.5) is 0 Å². The molecule has 0 amide bonds. The van der Waals surface area contributed by atoms with E-state index in [9.17, 15) is 4.79 Å². The predicted octanol–water partition coefficient (Wildman–Crippen LogP) is -1.10. The summed E-state index contributed by atoms with van der Waals surface area (Å²) >= 11 is 0. The van der Waals surface area contributed by atoms with Gasteiger partial charge in [-0.15, -0.1) is 10.2 Å². The quantitative estimate of drug-likeness (QED) is 0.637. The maximum absolute atomic E-state index is 11.8. The van der Waals surface area contributed by atoms with Crippen molar-refractivity contribution in [2.24, 2.45) is 12.8 Å². The van der Waals surface area contributed by atoms with Gasteiger partial charge in [-0.2, -0.15) is 4.80 Å². The molecule has 2 heterocycles. The molecular weight excluding hydrogens is 198 g/mol. The highest BCUT2D eigenvalue weighted by atomic mass is 16.5. The molecule has 0 radical (unpaired) electrons. The molecule has 15 heavy (non-hydrogen) atoms. The van der Waals surface area contributed by atoms with Crippen LogP contribution in [0.3, 0.4) is 0 Å². The molecule has 0 bridgehead atoms. The number of nitrogens with zero attached hydrogens (tertiary/aromatic N) is 4. The minimum atomic E-state index is -0.456. The van der Waals surface area contributed by atoms with E-state index in [4.69, 9.17) is 10.5 Å². The van der Waals surface area contributed by atoms with E-state index in [1.165, 1.54) is 4.80 Å².